The molecule has 3 rings (SSSR count). The smallest absolute Gasteiger partial charge is 0.163 e. The minimum atomic E-state index is 0.262. The first-order valence-corrected chi connectivity index (χ1v) is 7.76. The first-order chi connectivity index (χ1) is 9.74. The number of carbonyl (C=O) groups is 1. The monoisotopic (exact) mass is 273 g/mol. The molecule has 2 fully saturated rings. The number of benzene rings is 1. The highest BCUT2D eigenvalue weighted by Gasteiger charge is 2.34. The highest BCUT2D eigenvalue weighted by atomic mass is 16.5. The number of nitrogens with one attached hydrogen (secondary N) is 1. The van der Waals surface area contributed by atoms with E-state index in [1.807, 2.05) is 31.2 Å². The lowest BCUT2D eigenvalue weighted by atomic mass is 9.87. The molecule has 3 heteroatoms. The minimum absolute atomic E-state index is 0.262. The van der Waals surface area contributed by atoms with Crippen molar-refractivity contribution >= 4 is 5.78 Å². The summed E-state index contributed by atoms with van der Waals surface area (Å²) in [5.41, 5.74) is 0.793. The first kappa shape index (κ1) is 13.6. The third-order valence-corrected chi connectivity index (χ3v) is 4.51. The summed E-state index contributed by atoms with van der Waals surface area (Å²) in [4.78, 5) is 12.4. The van der Waals surface area contributed by atoms with Gasteiger partial charge in [0.2, 0.25) is 0 Å². The largest absolute Gasteiger partial charge is 0.494 e. The molecule has 2 saturated heterocycles. The summed E-state index contributed by atoms with van der Waals surface area (Å²) in [5, 5.41) is 3.63. The Morgan fingerprint density at radius 2 is 2.05 bits per heavy atom. The Labute approximate surface area is 120 Å². The van der Waals surface area contributed by atoms with E-state index in [0.29, 0.717) is 31.0 Å². The van der Waals surface area contributed by atoms with E-state index in [-0.39, 0.29) is 5.78 Å². The SMILES string of the molecule is CCOc1cccc(C(=O)CC2CC3CCC(C2)N3)c1. The van der Waals surface area contributed by atoms with Gasteiger partial charge in [-0.2, -0.15) is 0 Å². The Morgan fingerprint density at radius 1 is 1.30 bits per heavy atom. The molecule has 2 unspecified atom stereocenters. The van der Waals surface area contributed by atoms with E-state index in [1.54, 1.807) is 0 Å². The summed E-state index contributed by atoms with van der Waals surface area (Å²) in [6.45, 7) is 2.59. The average Bonchev–Trinajstić information content (AvgIpc) is 2.79. The molecule has 2 atom stereocenters. The van der Waals surface area contributed by atoms with E-state index < -0.39 is 0 Å². The van der Waals surface area contributed by atoms with Crippen molar-refractivity contribution in [3.63, 3.8) is 0 Å². The fourth-order valence-corrected chi connectivity index (χ4v) is 3.65. The molecule has 1 aromatic carbocycles. The van der Waals surface area contributed by atoms with Crippen LogP contribution in [0.2, 0.25) is 0 Å². The van der Waals surface area contributed by atoms with Gasteiger partial charge in [0.1, 0.15) is 5.75 Å². The lowest BCUT2D eigenvalue weighted by Crippen LogP contribution is -2.38. The van der Waals surface area contributed by atoms with Crippen LogP contribution in [-0.2, 0) is 0 Å². The summed E-state index contributed by atoms with van der Waals surface area (Å²) < 4.78 is 5.47. The van der Waals surface area contributed by atoms with Gasteiger partial charge < -0.3 is 10.1 Å². The van der Waals surface area contributed by atoms with Gasteiger partial charge in [-0.1, -0.05) is 12.1 Å². The van der Waals surface area contributed by atoms with E-state index in [4.69, 9.17) is 4.74 Å². The third-order valence-electron chi connectivity index (χ3n) is 4.51. The van der Waals surface area contributed by atoms with Gasteiger partial charge in [0.05, 0.1) is 6.61 Å². The van der Waals surface area contributed by atoms with Crippen LogP contribution in [0.4, 0.5) is 0 Å². The molecule has 2 heterocycles. The third kappa shape index (κ3) is 3.04. The molecule has 0 radical (unpaired) electrons. The van der Waals surface area contributed by atoms with Crippen LogP contribution >= 0.6 is 0 Å². The van der Waals surface area contributed by atoms with Gasteiger partial charge in [-0.15, -0.1) is 0 Å². The van der Waals surface area contributed by atoms with Gasteiger partial charge in [-0.3, -0.25) is 4.79 Å². The van der Waals surface area contributed by atoms with Crippen molar-refractivity contribution < 1.29 is 9.53 Å². The molecule has 0 spiro atoms. The van der Waals surface area contributed by atoms with Crippen LogP contribution < -0.4 is 10.1 Å². The van der Waals surface area contributed by atoms with E-state index in [0.717, 1.165) is 24.2 Å². The topological polar surface area (TPSA) is 38.3 Å². The molecule has 0 saturated carbocycles. The number of hydrogen-bond acceptors (Lipinski definition) is 3. The van der Waals surface area contributed by atoms with Gasteiger partial charge in [0.25, 0.3) is 0 Å². The molecule has 2 aliphatic rings. The molecule has 1 N–H and O–H groups in total. The van der Waals surface area contributed by atoms with Crippen molar-refractivity contribution in [3.8, 4) is 5.75 Å². The Morgan fingerprint density at radius 3 is 2.75 bits per heavy atom. The van der Waals surface area contributed by atoms with Crippen LogP contribution in [0.15, 0.2) is 24.3 Å². The van der Waals surface area contributed by atoms with Crippen LogP contribution in [0.25, 0.3) is 0 Å². The van der Waals surface area contributed by atoms with Crippen molar-refractivity contribution in [1.29, 1.82) is 0 Å². The zero-order chi connectivity index (χ0) is 13.9. The van der Waals surface area contributed by atoms with Crippen molar-refractivity contribution in [3.05, 3.63) is 29.8 Å². The van der Waals surface area contributed by atoms with Crippen molar-refractivity contribution in [2.75, 3.05) is 6.61 Å². The molecule has 3 nitrogen and oxygen atoms in total. The highest BCUT2D eigenvalue weighted by molar-refractivity contribution is 5.96. The zero-order valence-corrected chi connectivity index (χ0v) is 12.1. The van der Waals surface area contributed by atoms with Crippen LogP contribution in [0.1, 0.15) is 49.4 Å². The van der Waals surface area contributed by atoms with Gasteiger partial charge in [-0.25, -0.2) is 0 Å². The van der Waals surface area contributed by atoms with Crippen LogP contribution in [-0.4, -0.2) is 24.5 Å². The van der Waals surface area contributed by atoms with E-state index in [9.17, 15) is 4.79 Å². The first-order valence-electron chi connectivity index (χ1n) is 7.76. The lowest BCUT2D eigenvalue weighted by Gasteiger charge is -2.28. The second-order valence-electron chi connectivity index (χ2n) is 6.06. The van der Waals surface area contributed by atoms with Gasteiger partial charge in [-0.05, 0) is 50.7 Å². The van der Waals surface area contributed by atoms with Gasteiger partial charge >= 0.3 is 0 Å². The molecule has 2 bridgehead atoms. The maximum absolute atomic E-state index is 12.4. The Hall–Kier alpha value is -1.35. The molecule has 108 valence electrons. The van der Waals surface area contributed by atoms with Crippen molar-refractivity contribution in [2.45, 2.75) is 51.1 Å². The number of piperidine rings is 1. The minimum Gasteiger partial charge on any atom is -0.494 e. The molecule has 1 aromatic rings. The van der Waals surface area contributed by atoms with E-state index in [1.165, 1.54) is 12.8 Å². The fourth-order valence-electron chi connectivity index (χ4n) is 3.65. The molecule has 2 aliphatic heterocycles. The maximum atomic E-state index is 12.4. The maximum Gasteiger partial charge on any atom is 0.163 e. The molecular weight excluding hydrogens is 250 g/mol. The Balaban J connectivity index is 1.62. The van der Waals surface area contributed by atoms with Crippen LogP contribution in [0, 0.1) is 5.92 Å². The fraction of sp³-hybridized carbons (Fsp3) is 0.588. The Kier molecular flexibility index (Phi) is 4.06. The molecule has 0 amide bonds. The summed E-state index contributed by atoms with van der Waals surface area (Å²) in [6.07, 6.45) is 5.58. The van der Waals surface area contributed by atoms with Crippen molar-refractivity contribution in [1.82, 2.24) is 5.32 Å². The van der Waals surface area contributed by atoms with Crippen LogP contribution in [0.5, 0.6) is 5.75 Å². The standard InChI is InChI=1S/C17H23NO2/c1-2-20-16-5-3-4-13(11-16)17(19)10-12-8-14-6-7-15(9-12)18-14/h3-5,11-12,14-15,18H,2,6-10H2,1H3. The lowest BCUT2D eigenvalue weighted by molar-refractivity contribution is 0.0945. The Bertz CT molecular complexity index is 474. The molecule has 20 heavy (non-hydrogen) atoms. The summed E-state index contributed by atoms with van der Waals surface area (Å²) in [6, 6.07) is 8.90. The number of ether oxygens (including phenoxy) is 1. The molecule has 0 aliphatic carbocycles. The number of fused-ring (bicyclic) bond motifs is 2. The number of rotatable bonds is 5. The number of carbonyl (C=O) groups excluding carboxylic acids is 1. The van der Waals surface area contributed by atoms with Crippen molar-refractivity contribution in [2.24, 2.45) is 5.92 Å². The second kappa shape index (κ2) is 5.96. The number of hydrogen-bond donors (Lipinski definition) is 1. The number of ketones is 1. The number of Topliss-reactive ketones (excluding diaryl/α,β-unsaturated/α-hetero) is 1. The van der Waals surface area contributed by atoms with E-state index >= 15 is 0 Å². The molecule has 0 aromatic heterocycles. The quantitative estimate of drug-likeness (QED) is 0.837. The molecular formula is C17H23NO2. The summed E-state index contributed by atoms with van der Waals surface area (Å²) in [7, 11) is 0. The van der Waals surface area contributed by atoms with Crippen LogP contribution in [0.3, 0.4) is 0 Å². The second-order valence-corrected chi connectivity index (χ2v) is 6.06. The predicted molar refractivity (Wildman–Crippen MR) is 79.2 cm³/mol. The average molecular weight is 273 g/mol. The highest BCUT2D eigenvalue weighted by Crippen LogP contribution is 2.33. The van der Waals surface area contributed by atoms with Gasteiger partial charge in [0.15, 0.2) is 5.78 Å². The zero-order valence-electron chi connectivity index (χ0n) is 12.1. The summed E-state index contributed by atoms with van der Waals surface area (Å²) in [5.74, 6) is 1.61. The predicted octanol–water partition coefficient (Wildman–Crippen LogP) is 3.19. The normalized spacial score (nSPS) is 28.4. The van der Waals surface area contributed by atoms with E-state index in [2.05, 4.69) is 5.32 Å². The summed E-state index contributed by atoms with van der Waals surface area (Å²) >= 11 is 0. The van der Waals surface area contributed by atoms with Gasteiger partial charge in [0, 0.05) is 24.1 Å².